The quantitative estimate of drug-likeness (QED) is 0.723. The summed E-state index contributed by atoms with van der Waals surface area (Å²) in [4.78, 5) is 16.3. The molecule has 0 aliphatic carbocycles. The SMILES string of the molecule is O=C(c1ccc(Cl)cc1)N1CC[C@](O)(CN2CCC(CO)CC2)[C@@H](O)C1. The average Bonchev–Trinajstić information content (AvgIpc) is 2.65. The minimum atomic E-state index is -1.21. The highest BCUT2D eigenvalue weighted by atomic mass is 35.5. The highest BCUT2D eigenvalue weighted by Crippen LogP contribution is 2.27. The summed E-state index contributed by atoms with van der Waals surface area (Å²) < 4.78 is 0. The van der Waals surface area contributed by atoms with Gasteiger partial charge < -0.3 is 25.1 Å². The Labute approximate surface area is 159 Å². The predicted octanol–water partition coefficient (Wildman–Crippen LogP) is 0.982. The maximum absolute atomic E-state index is 12.6. The number of aliphatic hydroxyl groups excluding tert-OH is 2. The lowest BCUT2D eigenvalue weighted by Gasteiger charge is -2.45. The fourth-order valence-electron chi connectivity index (χ4n) is 3.82. The van der Waals surface area contributed by atoms with Crippen LogP contribution in [0.2, 0.25) is 5.02 Å². The fraction of sp³-hybridized carbons (Fsp3) is 0.632. The summed E-state index contributed by atoms with van der Waals surface area (Å²) in [6.07, 6.45) is 1.17. The van der Waals surface area contributed by atoms with Crippen molar-refractivity contribution in [1.29, 1.82) is 0 Å². The summed E-state index contributed by atoms with van der Waals surface area (Å²) in [5, 5.41) is 31.3. The van der Waals surface area contributed by atoms with Crippen molar-refractivity contribution in [3.63, 3.8) is 0 Å². The van der Waals surface area contributed by atoms with Crippen LogP contribution in [0, 0.1) is 5.92 Å². The Morgan fingerprint density at radius 3 is 2.42 bits per heavy atom. The Hall–Kier alpha value is -1.18. The average molecular weight is 383 g/mol. The number of nitrogens with zero attached hydrogens (tertiary/aromatic N) is 2. The van der Waals surface area contributed by atoms with Gasteiger partial charge in [-0.3, -0.25) is 4.79 Å². The molecular weight excluding hydrogens is 356 g/mol. The van der Waals surface area contributed by atoms with E-state index in [9.17, 15) is 20.1 Å². The summed E-state index contributed by atoms with van der Waals surface area (Å²) >= 11 is 5.86. The number of piperidine rings is 2. The molecule has 0 radical (unpaired) electrons. The molecule has 2 fully saturated rings. The highest BCUT2D eigenvalue weighted by molar-refractivity contribution is 6.30. The zero-order valence-electron chi connectivity index (χ0n) is 14.9. The Balaban J connectivity index is 1.57. The van der Waals surface area contributed by atoms with Crippen LogP contribution in [-0.4, -0.2) is 82.1 Å². The molecule has 6 nitrogen and oxygen atoms in total. The van der Waals surface area contributed by atoms with E-state index in [0.717, 1.165) is 25.9 Å². The first kappa shape index (κ1) is 19.6. The number of β-amino-alcohol motifs (C(OH)–C–C–N with tert-alkyl or cyclic N) is 2. The second kappa shape index (κ2) is 8.23. The van der Waals surface area contributed by atoms with Gasteiger partial charge in [0, 0.05) is 36.8 Å². The van der Waals surface area contributed by atoms with E-state index in [1.807, 2.05) is 0 Å². The van der Waals surface area contributed by atoms with Gasteiger partial charge in [-0.25, -0.2) is 0 Å². The Bertz CT molecular complexity index is 618. The van der Waals surface area contributed by atoms with Crippen molar-refractivity contribution in [2.24, 2.45) is 5.92 Å². The van der Waals surface area contributed by atoms with Gasteiger partial charge in [0.05, 0.1) is 0 Å². The summed E-state index contributed by atoms with van der Waals surface area (Å²) in [6, 6.07) is 6.68. The standard InChI is InChI=1S/C19H27ClN2O4/c20-16-3-1-15(2-4-16)18(25)22-10-7-19(26,17(24)11-22)13-21-8-5-14(12-23)6-9-21/h1-4,14,17,23-24,26H,5-13H2/t17-,19-/m0/s1. The third-order valence-electron chi connectivity index (χ3n) is 5.67. The zero-order valence-corrected chi connectivity index (χ0v) is 15.6. The van der Waals surface area contributed by atoms with Gasteiger partial charge in [-0.1, -0.05) is 11.6 Å². The first-order chi connectivity index (χ1) is 12.4. The Kier molecular flexibility index (Phi) is 6.20. The summed E-state index contributed by atoms with van der Waals surface area (Å²) in [6.45, 7) is 2.76. The van der Waals surface area contributed by atoms with Crippen LogP contribution in [0.1, 0.15) is 29.6 Å². The van der Waals surface area contributed by atoms with E-state index in [-0.39, 0.29) is 19.1 Å². The van der Waals surface area contributed by atoms with E-state index in [1.54, 1.807) is 29.2 Å². The van der Waals surface area contributed by atoms with Crippen LogP contribution < -0.4 is 0 Å². The zero-order chi connectivity index (χ0) is 18.7. The summed E-state index contributed by atoms with van der Waals surface area (Å²) in [5.41, 5.74) is -0.679. The summed E-state index contributed by atoms with van der Waals surface area (Å²) in [5.74, 6) is 0.177. The molecule has 1 amide bonds. The third kappa shape index (κ3) is 4.38. The molecule has 7 heteroatoms. The Morgan fingerprint density at radius 1 is 1.19 bits per heavy atom. The van der Waals surface area contributed by atoms with Crippen LogP contribution in [0.5, 0.6) is 0 Å². The molecule has 26 heavy (non-hydrogen) atoms. The van der Waals surface area contributed by atoms with Gasteiger partial charge in [0.15, 0.2) is 0 Å². The van der Waals surface area contributed by atoms with Crippen molar-refractivity contribution in [2.75, 3.05) is 39.3 Å². The molecule has 1 aromatic rings. The molecule has 3 N–H and O–H groups in total. The lowest BCUT2D eigenvalue weighted by Crippen LogP contribution is -2.61. The number of halogens is 1. The molecule has 2 heterocycles. The van der Waals surface area contributed by atoms with Gasteiger partial charge in [-0.2, -0.15) is 0 Å². The van der Waals surface area contributed by atoms with Crippen molar-refractivity contribution in [1.82, 2.24) is 9.80 Å². The number of hydrogen-bond acceptors (Lipinski definition) is 5. The van der Waals surface area contributed by atoms with Crippen LogP contribution >= 0.6 is 11.6 Å². The first-order valence-electron chi connectivity index (χ1n) is 9.20. The van der Waals surface area contributed by atoms with Crippen LogP contribution in [0.15, 0.2) is 24.3 Å². The van der Waals surface area contributed by atoms with Crippen molar-refractivity contribution in [3.05, 3.63) is 34.9 Å². The van der Waals surface area contributed by atoms with Crippen LogP contribution in [0.4, 0.5) is 0 Å². The minimum Gasteiger partial charge on any atom is -0.396 e. The lowest BCUT2D eigenvalue weighted by molar-refractivity contribution is -0.128. The maximum Gasteiger partial charge on any atom is 0.253 e. The van der Waals surface area contributed by atoms with Gasteiger partial charge in [0.2, 0.25) is 0 Å². The number of rotatable bonds is 4. The number of aliphatic hydroxyl groups is 3. The number of likely N-dealkylation sites (tertiary alicyclic amines) is 2. The van der Waals surface area contributed by atoms with Crippen molar-refractivity contribution in [2.45, 2.75) is 31.0 Å². The first-order valence-corrected chi connectivity index (χ1v) is 9.57. The second-order valence-corrected chi connectivity index (χ2v) is 7.97. The number of carbonyl (C=O) groups excluding carboxylic acids is 1. The van der Waals surface area contributed by atoms with Crippen molar-refractivity contribution < 1.29 is 20.1 Å². The monoisotopic (exact) mass is 382 g/mol. The number of hydrogen-bond donors (Lipinski definition) is 3. The fourth-order valence-corrected chi connectivity index (χ4v) is 3.95. The van der Waals surface area contributed by atoms with E-state index in [1.165, 1.54) is 0 Å². The molecule has 2 saturated heterocycles. The number of benzene rings is 1. The molecule has 0 bridgehead atoms. The molecule has 1 aromatic carbocycles. The predicted molar refractivity (Wildman–Crippen MR) is 99.2 cm³/mol. The molecule has 0 saturated carbocycles. The van der Waals surface area contributed by atoms with E-state index in [2.05, 4.69) is 4.90 Å². The highest BCUT2D eigenvalue weighted by Gasteiger charge is 2.43. The van der Waals surface area contributed by atoms with Crippen molar-refractivity contribution in [3.8, 4) is 0 Å². The number of amides is 1. The molecule has 2 aliphatic heterocycles. The van der Waals surface area contributed by atoms with Gasteiger partial charge in [0.1, 0.15) is 11.7 Å². The van der Waals surface area contributed by atoms with Gasteiger partial charge >= 0.3 is 0 Å². The smallest absolute Gasteiger partial charge is 0.253 e. The van der Waals surface area contributed by atoms with Gasteiger partial charge in [-0.05, 0) is 62.5 Å². The molecule has 144 valence electrons. The van der Waals surface area contributed by atoms with Gasteiger partial charge in [0.25, 0.3) is 5.91 Å². The number of carbonyl (C=O) groups is 1. The minimum absolute atomic E-state index is 0.116. The van der Waals surface area contributed by atoms with Crippen LogP contribution in [0.3, 0.4) is 0 Å². The van der Waals surface area contributed by atoms with Crippen LogP contribution in [0.25, 0.3) is 0 Å². The third-order valence-corrected chi connectivity index (χ3v) is 5.92. The molecule has 3 rings (SSSR count). The lowest BCUT2D eigenvalue weighted by atomic mass is 9.86. The topological polar surface area (TPSA) is 84.2 Å². The second-order valence-electron chi connectivity index (χ2n) is 7.53. The van der Waals surface area contributed by atoms with Crippen LogP contribution in [-0.2, 0) is 0 Å². The molecule has 0 unspecified atom stereocenters. The van der Waals surface area contributed by atoms with E-state index >= 15 is 0 Å². The molecule has 2 aliphatic rings. The normalized spacial score (nSPS) is 28.3. The Morgan fingerprint density at radius 2 is 1.85 bits per heavy atom. The largest absolute Gasteiger partial charge is 0.396 e. The van der Waals surface area contributed by atoms with E-state index in [4.69, 9.17) is 11.6 Å². The van der Waals surface area contributed by atoms with Gasteiger partial charge in [-0.15, -0.1) is 0 Å². The molecule has 0 aromatic heterocycles. The molecule has 0 spiro atoms. The van der Waals surface area contributed by atoms with Crippen molar-refractivity contribution >= 4 is 17.5 Å². The van der Waals surface area contributed by atoms with E-state index in [0.29, 0.717) is 36.0 Å². The summed E-state index contributed by atoms with van der Waals surface area (Å²) in [7, 11) is 0. The molecule has 2 atom stereocenters. The molecular formula is C19H27ClN2O4. The maximum atomic E-state index is 12.6. The van der Waals surface area contributed by atoms with E-state index < -0.39 is 11.7 Å².